The first-order chi connectivity index (χ1) is 6.20. The zero-order valence-corrected chi connectivity index (χ0v) is 7.66. The minimum Gasteiger partial charge on any atom is -0.480 e. The first-order valence-electron chi connectivity index (χ1n) is 3.72. The van der Waals surface area contributed by atoms with E-state index >= 15 is 0 Å². The maximum absolute atomic E-state index is 5.64. The minimum atomic E-state index is 0.353. The van der Waals surface area contributed by atoms with E-state index in [0.717, 1.165) is 0 Å². The number of nitrogens with one attached hydrogen (secondary N) is 1. The summed E-state index contributed by atoms with van der Waals surface area (Å²) < 4.78 is 5.02. The first-order valence-corrected chi connectivity index (χ1v) is 3.72. The van der Waals surface area contributed by atoms with E-state index in [2.05, 4.69) is 21.9 Å². The Morgan fingerprint density at radius 3 is 2.85 bits per heavy atom. The Bertz CT molecular complexity index is 324. The van der Waals surface area contributed by atoms with Gasteiger partial charge in [-0.15, -0.1) is 0 Å². The Kier molecular flexibility index (Phi) is 2.69. The summed E-state index contributed by atoms with van der Waals surface area (Å²) in [5, 5.41) is 2.86. The van der Waals surface area contributed by atoms with E-state index in [1.807, 2.05) is 0 Å². The van der Waals surface area contributed by atoms with Crippen LogP contribution < -0.4 is 15.8 Å². The average molecular weight is 180 g/mol. The van der Waals surface area contributed by atoms with Crippen molar-refractivity contribution in [3.63, 3.8) is 0 Å². The second kappa shape index (κ2) is 3.75. The number of nitrogens with two attached hydrogens (primary N) is 1. The summed E-state index contributed by atoms with van der Waals surface area (Å²) in [5.74, 6) is 0.776. The van der Waals surface area contributed by atoms with Gasteiger partial charge in [0, 0.05) is 12.7 Å². The summed E-state index contributed by atoms with van der Waals surface area (Å²) >= 11 is 0. The molecule has 0 amide bonds. The summed E-state index contributed by atoms with van der Waals surface area (Å²) in [4.78, 5) is 7.76. The van der Waals surface area contributed by atoms with Crippen molar-refractivity contribution in [2.45, 2.75) is 0 Å². The maximum atomic E-state index is 5.64. The molecule has 0 bridgehead atoms. The summed E-state index contributed by atoms with van der Waals surface area (Å²) in [6.07, 6.45) is 1.35. The van der Waals surface area contributed by atoms with Gasteiger partial charge in [-0.05, 0) is 0 Å². The van der Waals surface area contributed by atoms with E-state index in [0.29, 0.717) is 23.0 Å². The molecule has 0 saturated heterocycles. The van der Waals surface area contributed by atoms with Crippen molar-refractivity contribution in [2.24, 2.45) is 0 Å². The molecule has 1 aromatic rings. The third-order valence-corrected chi connectivity index (χ3v) is 1.64. The predicted octanol–water partition coefficient (Wildman–Crippen LogP) is 0.257. The van der Waals surface area contributed by atoms with Crippen LogP contribution in [-0.4, -0.2) is 24.1 Å². The zero-order valence-electron chi connectivity index (χ0n) is 7.66. The third-order valence-electron chi connectivity index (χ3n) is 1.64. The van der Waals surface area contributed by atoms with E-state index in [4.69, 9.17) is 10.5 Å². The average Bonchev–Trinajstić information content (AvgIpc) is 2.16. The molecule has 0 aliphatic heterocycles. The molecule has 70 valence electrons. The van der Waals surface area contributed by atoms with Gasteiger partial charge >= 0.3 is 0 Å². The number of rotatable bonds is 3. The molecule has 0 aliphatic carbocycles. The highest BCUT2D eigenvalue weighted by molar-refractivity contribution is 5.73. The van der Waals surface area contributed by atoms with Crippen LogP contribution in [0.25, 0.3) is 5.70 Å². The summed E-state index contributed by atoms with van der Waals surface area (Å²) in [5.41, 5.74) is 6.88. The fourth-order valence-corrected chi connectivity index (χ4v) is 0.946. The first kappa shape index (κ1) is 9.31. The van der Waals surface area contributed by atoms with Crippen molar-refractivity contribution in [1.29, 1.82) is 0 Å². The second-order valence-corrected chi connectivity index (χ2v) is 2.37. The van der Waals surface area contributed by atoms with Crippen LogP contribution in [0.4, 0.5) is 5.82 Å². The van der Waals surface area contributed by atoms with Crippen molar-refractivity contribution >= 4 is 11.5 Å². The van der Waals surface area contributed by atoms with Crippen molar-refractivity contribution < 1.29 is 4.74 Å². The fraction of sp³-hybridized carbons (Fsp3) is 0.250. The molecule has 1 rings (SSSR count). The lowest BCUT2D eigenvalue weighted by Gasteiger charge is -2.10. The molecule has 0 aliphatic rings. The van der Waals surface area contributed by atoms with Crippen LogP contribution in [0.15, 0.2) is 12.9 Å². The van der Waals surface area contributed by atoms with Gasteiger partial charge in [0.1, 0.15) is 17.7 Å². The quantitative estimate of drug-likeness (QED) is 0.698. The van der Waals surface area contributed by atoms with E-state index in [-0.39, 0.29) is 0 Å². The smallest absolute Gasteiger partial charge is 0.227 e. The Morgan fingerprint density at radius 2 is 2.31 bits per heavy atom. The third kappa shape index (κ3) is 1.69. The minimum absolute atomic E-state index is 0.353. The number of methoxy groups -OCH3 is 1. The van der Waals surface area contributed by atoms with Crippen LogP contribution in [0.3, 0.4) is 0 Å². The highest BCUT2D eigenvalue weighted by Crippen LogP contribution is 2.24. The van der Waals surface area contributed by atoms with Gasteiger partial charge in [0.2, 0.25) is 5.88 Å². The highest BCUT2D eigenvalue weighted by atomic mass is 16.5. The molecule has 0 atom stereocenters. The van der Waals surface area contributed by atoms with Gasteiger partial charge in [-0.25, -0.2) is 9.97 Å². The molecule has 0 aromatic carbocycles. The van der Waals surface area contributed by atoms with E-state index < -0.39 is 0 Å². The second-order valence-electron chi connectivity index (χ2n) is 2.37. The van der Waals surface area contributed by atoms with Crippen LogP contribution in [0, 0.1) is 0 Å². The van der Waals surface area contributed by atoms with Crippen LogP contribution in [0.1, 0.15) is 5.56 Å². The van der Waals surface area contributed by atoms with Gasteiger partial charge in [-0.3, -0.25) is 0 Å². The maximum Gasteiger partial charge on any atom is 0.227 e. The van der Waals surface area contributed by atoms with Gasteiger partial charge in [0.25, 0.3) is 0 Å². The molecule has 0 spiro atoms. The van der Waals surface area contributed by atoms with Crippen molar-refractivity contribution in [1.82, 2.24) is 15.3 Å². The van der Waals surface area contributed by atoms with Crippen LogP contribution in [0.2, 0.25) is 0 Å². The molecular weight excluding hydrogens is 168 g/mol. The standard InChI is InChI=1S/C8H12N4O/c1-5(10-2)6-7(9)11-4-12-8(6)13-3/h4,10H,1H2,2-3H3,(H2,9,11,12). The Hall–Kier alpha value is -1.78. The molecule has 0 saturated carbocycles. The van der Waals surface area contributed by atoms with Crippen LogP contribution >= 0.6 is 0 Å². The Balaban J connectivity index is 3.22. The molecule has 5 heteroatoms. The number of hydrogen-bond donors (Lipinski definition) is 2. The van der Waals surface area contributed by atoms with Gasteiger partial charge in [-0.1, -0.05) is 6.58 Å². The molecule has 0 fully saturated rings. The molecule has 1 heterocycles. The van der Waals surface area contributed by atoms with Crippen LogP contribution in [-0.2, 0) is 0 Å². The lowest BCUT2D eigenvalue weighted by molar-refractivity contribution is 0.395. The van der Waals surface area contributed by atoms with Crippen molar-refractivity contribution in [2.75, 3.05) is 19.9 Å². The summed E-state index contributed by atoms with van der Waals surface area (Å²) in [7, 11) is 3.27. The normalized spacial score (nSPS) is 9.38. The van der Waals surface area contributed by atoms with Gasteiger partial charge in [0.05, 0.1) is 7.11 Å². The number of nitrogens with zero attached hydrogens (tertiary/aromatic N) is 2. The number of aromatic nitrogens is 2. The summed E-state index contributed by atoms with van der Waals surface area (Å²) in [6.45, 7) is 3.76. The largest absolute Gasteiger partial charge is 0.480 e. The molecule has 5 nitrogen and oxygen atoms in total. The van der Waals surface area contributed by atoms with E-state index in [1.54, 1.807) is 7.05 Å². The Morgan fingerprint density at radius 1 is 1.62 bits per heavy atom. The van der Waals surface area contributed by atoms with E-state index in [1.165, 1.54) is 13.4 Å². The lowest BCUT2D eigenvalue weighted by atomic mass is 10.2. The van der Waals surface area contributed by atoms with Crippen molar-refractivity contribution in [3.05, 3.63) is 18.5 Å². The SMILES string of the molecule is C=C(NC)c1c(N)ncnc1OC. The highest BCUT2D eigenvalue weighted by Gasteiger charge is 2.11. The molecule has 1 aromatic heterocycles. The summed E-state index contributed by atoms with van der Waals surface area (Å²) in [6, 6.07) is 0. The van der Waals surface area contributed by atoms with E-state index in [9.17, 15) is 0 Å². The zero-order chi connectivity index (χ0) is 9.84. The predicted molar refractivity (Wildman–Crippen MR) is 51.1 cm³/mol. The van der Waals surface area contributed by atoms with Gasteiger partial charge in [0.15, 0.2) is 0 Å². The molecule has 3 N–H and O–H groups in total. The van der Waals surface area contributed by atoms with Crippen LogP contribution in [0.5, 0.6) is 5.88 Å². The molecule has 0 radical (unpaired) electrons. The lowest BCUT2D eigenvalue weighted by Crippen LogP contribution is -2.09. The number of hydrogen-bond acceptors (Lipinski definition) is 5. The Labute approximate surface area is 76.6 Å². The fourth-order valence-electron chi connectivity index (χ4n) is 0.946. The number of ether oxygens (including phenoxy) is 1. The molecule has 13 heavy (non-hydrogen) atoms. The molecule has 0 unspecified atom stereocenters. The molecular formula is C8H12N4O. The monoisotopic (exact) mass is 180 g/mol. The number of anilines is 1. The van der Waals surface area contributed by atoms with Crippen molar-refractivity contribution in [3.8, 4) is 5.88 Å². The number of nitrogen functional groups attached to an aromatic ring is 1. The van der Waals surface area contributed by atoms with Gasteiger partial charge in [-0.2, -0.15) is 0 Å². The topological polar surface area (TPSA) is 73.1 Å². The van der Waals surface area contributed by atoms with Gasteiger partial charge < -0.3 is 15.8 Å².